The van der Waals surface area contributed by atoms with Crippen LogP contribution < -0.4 is 15.0 Å². The summed E-state index contributed by atoms with van der Waals surface area (Å²) in [6.45, 7) is 3.84. The summed E-state index contributed by atoms with van der Waals surface area (Å²) in [6, 6.07) is 11.2. The highest BCUT2D eigenvalue weighted by molar-refractivity contribution is 6.30. The summed E-state index contributed by atoms with van der Waals surface area (Å²) in [5, 5.41) is 4.55. The number of hydrogen-bond donors (Lipinski definition) is 2. The number of H-pyrrole nitrogens is 1. The van der Waals surface area contributed by atoms with Crippen molar-refractivity contribution in [2.75, 3.05) is 23.3 Å². The molecule has 0 atom stereocenters. The number of fused-ring (bicyclic) bond motifs is 1. The molecule has 1 saturated heterocycles. The molecule has 32 heavy (non-hydrogen) atoms. The molecule has 4 heterocycles. The summed E-state index contributed by atoms with van der Waals surface area (Å²) in [5.74, 6) is 1.15. The Labute approximate surface area is 190 Å². The number of pyridine rings is 2. The Morgan fingerprint density at radius 3 is 2.78 bits per heavy atom. The van der Waals surface area contributed by atoms with Crippen LogP contribution in [0.1, 0.15) is 18.4 Å². The summed E-state index contributed by atoms with van der Waals surface area (Å²) < 4.78 is 19.7. The Balaban J connectivity index is 1.26. The van der Waals surface area contributed by atoms with E-state index in [1.54, 1.807) is 24.4 Å². The van der Waals surface area contributed by atoms with Crippen LogP contribution in [0.3, 0.4) is 0 Å². The molecule has 164 valence electrons. The highest BCUT2D eigenvalue weighted by atomic mass is 35.5. The van der Waals surface area contributed by atoms with Gasteiger partial charge >= 0.3 is 0 Å². The van der Waals surface area contributed by atoms with Crippen LogP contribution in [0.5, 0.6) is 5.88 Å². The van der Waals surface area contributed by atoms with Gasteiger partial charge in [0.2, 0.25) is 5.88 Å². The second-order valence-corrected chi connectivity index (χ2v) is 8.38. The summed E-state index contributed by atoms with van der Waals surface area (Å²) in [4.78, 5) is 14.1. The van der Waals surface area contributed by atoms with Gasteiger partial charge in [-0.15, -0.1) is 0 Å². The molecule has 1 aliphatic heterocycles. The van der Waals surface area contributed by atoms with Crippen molar-refractivity contribution in [1.82, 2.24) is 15.0 Å². The average molecular weight is 452 g/mol. The van der Waals surface area contributed by atoms with E-state index < -0.39 is 0 Å². The number of rotatable bonds is 5. The molecule has 2 N–H and O–H groups in total. The maximum Gasteiger partial charge on any atom is 0.213 e. The minimum Gasteiger partial charge on any atom is -0.474 e. The van der Waals surface area contributed by atoms with Gasteiger partial charge in [-0.2, -0.15) is 0 Å². The first-order chi connectivity index (χ1) is 15.6. The second-order valence-electron chi connectivity index (χ2n) is 7.94. The molecule has 3 aromatic heterocycles. The van der Waals surface area contributed by atoms with Crippen LogP contribution in [0, 0.1) is 12.7 Å². The Bertz CT molecular complexity index is 1240. The number of anilines is 3. The molecule has 0 amide bonds. The standard InChI is InChI=1S/C24H23ClFN5O/c1-15-22(31-10-7-18(8-11-31)32-23-5-2-16(25)13-29-23)6-9-27-24(15)30-17-3-4-19-20(26)14-28-21(19)12-17/h2-6,9,12-14,18,28H,7-8,10-11H2,1H3,(H,27,30). The van der Waals surface area contributed by atoms with E-state index in [-0.39, 0.29) is 11.9 Å². The number of halogens is 2. The number of nitrogens with zero attached hydrogens (tertiary/aromatic N) is 3. The van der Waals surface area contributed by atoms with Gasteiger partial charge in [0, 0.05) is 72.9 Å². The Kier molecular flexibility index (Phi) is 5.57. The Hall–Kier alpha value is -3.32. The zero-order valence-corrected chi connectivity index (χ0v) is 18.4. The van der Waals surface area contributed by atoms with Gasteiger partial charge in [-0.3, -0.25) is 0 Å². The largest absolute Gasteiger partial charge is 0.474 e. The molecule has 6 nitrogen and oxygen atoms in total. The molecule has 0 radical (unpaired) electrons. The fourth-order valence-electron chi connectivity index (χ4n) is 4.12. The fourth-order valence-corrected chi connectivity index (χ4v) is 4.23. The van der Waals surface area contributed by atoms with E-state index in [4.69, 9.17) is 16.3 Å². The molecule has 8 heteroatoms. The van der Waals surface area contributed by atoms with Crippen molar-refractivity contribution in [3.63, 3.8) is 0 Å². The summed E-state index contributed by atoms with van der Waals surface area (Å²) in [5.41, 5.74) is 3.83. The predicted molar refractivity (Wildman–Crippen MR) is 126 cm³/mol. The van der Waals surface area contributed by atoms with Gasteiger partial charge in [-0.05, 0) is 37.3 Å². The van der Waals surface area contributed by atoms with Gasteiger partial charge in [0.1, 0.15) is 17.7 Å². The zero-order chi connectivity index (χ0) is 22.1. The summed E-state index contributed by atoms with van der Waals surface area (Å²) in [7, 11) is 0. The van der Waals surface area contributed by atoms with E-state index in [1.807, 2.05) is 24.4 Å². The van der Waals surface area contributed by atoms with E-state index in [9.17, 15) is 4.39 Å². The maximum atomic E-state index is 13.7. The summed E-state index contributed by atoms with van der Waals surface area (Å²) >= 11 is 5.90. The van der Waals surface area contributed by atoms with E-state index in [2.05, 4.69) is 32.1 Å². The van der Waals surface area contributed by atoms with E-state index in [0.717, 1.165) is 54.2 Å². The van der Waals surface area contributed by atoms with Crippen molar-refractivity contribution in [2.24, 2.45) is 0 Å². The molecule has 1 aromatic carbocycles. The molecule has 1 fully saturated rings. The van der Waals surface area contributed by atoms with Gasteiger partial charge in [-0.25, -0.2) is 14.4 Å². The van der Waals surface area contributed by atoms with Crippen molar-refractivity contribution in [3.05, 3.63) is 71.4 Å². The highest BCUT2D eigenvalue weighted by Gasteiger charge is 2.23. The number of ether oxygens (including phenoxy) is 1. The molecule has 0 aliphatic carbocycles. The van der Waals surface area contributed by atoms with E-state index in [0.29, 0.717) is 16.3 Å². The van der Waals surface area contributed by atoms with Gasteiger partial charge in [0.05, 0.1) is 10.5 Å². The van der Waals surface area contributed by atoms with Gasteiger partial charge in [0.15, 0.2) is 0 Å². The molecule has 0 unspecified atom stereocenters. The second kappa shape index (κ2) is 8.67. The zero-order valence-electron chi connectivity index (χ0n) is 17.6. The number of nitrogens with one attached hydrogen (secondary N) is 2. The lowest BCUT2D eigenvalue weighted by Crippen LogP contribution is -2.38. The predicted octanol–water partition coefficient (Wildman–Crippen LogP) is 5.85. The van der Waals surface area contributed by atoms with E-state index in [1.165, 1.54) is 6.20 Å². The van der Waals surface area contributed by atoms with Gasteiger partial charge in [0.25, 0.3) is 0 Å². The van der Waals surface area contributed by atoms with Crippen LogP contribution in [0.15, 0.2) is 55.0 Å². The minimum absolute atomic E-state index is 0.132. The van der Waals surface area contributed by atoms with Gasteiger partial charge < -0.3 is 19.9 Å². The van der Waals surface area contributed by atoms with Crippen molar-refractivity contribution >= 4 is 39.7 Å². The monoisotopic (exact) mass is 451 g/mol. The first kappa shape index (κ1) is 20.6. The fraction of sp³-hybridized carbons (Fsp3) is 0.250. The van der Waals surface area contributed by atoms with Crippen molar-refractivity contribution in [2.45, 2.75) is 25.9 Å². The third kappa shape index (κ3) is 4.21. The van der Waals surface area contributed by atoms with Crippen LogP contribution in [0.2, 0.25) is 5.02 Å². The van der Waals surface area contributed by atoms with Crippen LogP contribution in [0.25, 0.3) is 10.9 Å². The highest BCUT2D eigenvalue weighted by Crippen LogP contribution is 2.31. The molecule has 0 saturated carbocycles. The minimum atomic E-state index is -0.248. The van der Waals surface area contributed by atoms with Crippen molar-refractivity contribution in [3.8, 4) is 5.88 Å². The van der Waals surface area contributed by atoms with Gasteiger partial charge in [-0.1, -0.05) is 11.6 Å². The molecular weight excluding hydrogens is 429 g/mol. The SMILES string of the molecule is Cc1c(N2CCC(Oc3ccc(Cl)cn3)CC2)ccnc1Nc1ccc2c(F)c[nH]c2c1. The normalized spacial score (nSPS) is 14.7. The number of piperidine rings is 1. The first-order valence-corrected chi connectivity index (χ1v) is 11.0. The average Bonchev–Trinajstić information content (AvgIpc) is 3.17. The Morgan fingerprint density at radius 1 is 1.16 bits per heavy atom. The lowest BCUT2D eigenvalue weighted by Gasteiger charge is -2.34. The van der Waals surface area contributed by atoms with Crippen molar-refractivity contribution in [1.29, 1.82) is 0 Å². The molecule has 1 aliphatic rings. The number of aromatic amines is 1. The first-order valence-electron chi connectivity index (χ1n) is 10.6. The van der Waals surface area contributed by atoms with Crippen LogP contribution in [0.4, 0.5) is 21.6 Å². The van der Waals surface area contributed by atoms with Crippen molar-refractivity contribution < 1.29 is 9.13 Å². The number of benzene rings is 1. The molecular formula is C24H23ClFN5O. The molecule has 4 aromatic rings. The molecule has 0 spiro atoms. The topological polar surface area (TPSA) is 66.1 Å². The Morgan fingerprint density at radius 2 is 2.00 bits per heavy atom. The van der Waals surface area contributed by atoms with Crippen LogP contribution >= 0.6 is 11.6 Å². The lowest BCUT2D eigenvalue weighted by atomic mass is 10.1. The third-order valence-corrected chi connectivity index (χ3v) is 6.06. The number of hydrogen-bond acceptors (Lipinski definition) is 5. The van der Waals surface area contributed by atoms with Crippen LogP contribution in [-0.2, 0) is 0 Å². The lowest BCUT2D eigenvalue weighted by molar-refractivity contribution is 0.164. The van der Waals surface area contributed by atoms with E-state index >= 15 is 0 Å². The molecule has 0 bridgehead atoms. The smallest absolute Gasteiger partial charge is 0.213 e. The quantitative estimate of drug-likeness (QED) is 0.398. The third-order valence-electron chi connectivity index (χ3n) is 5.84. The number of aromatic nitrogens is 3. The summed E-state index contributed by atoms with van der Waals surface area (Å²) in [6.07, 6.45) is 6.73. The molecule has 5 rings (SSSR count). The van der Waals surface area contributed by atoms with Crippen LogP contribution in [-0.4, -0.2) is 34.1 Å². The maximum absolute atomic E-state index is 13.7.